The van der Waals surface area contributed by atoms with Gasteiger partial charge in [-0.3, -0.25) is 0 Å². The van der Waals surface area contributed by atoms with Crippen LogP contribution in [0.5, 0.6) is 0 Å². The molecule has 3 rings (SSSR count). The quantitative estimate of drug-likeness (QED) is 0.785. The lowest BCUT2D eigenvalue weighted by Gasteiger charge is -2.01. The van der Waals surface area contributed by atoms with Crippen molar-refractivity contribution in [1.82, 2.24) is 10.1 Å². The molecule has 0 saturated carbocycles. The predicted octanol–water partition coefficient (Wildman–Crippen LogP) is 3.72. The van der Waals surface area contributed by atoms with E-state index >= 15 is 0 Å². The zero-order valence-corrected chi connectivity index (χ0v) is 11.3. The number of hydrogen-bond acceptors (Lipinski definition) is 5. The van der Waals surface area contributed by atoms with Crippen LogP contribution >= 0.6 is 11.3 Å². The van der Waals surface area contributed by atoms with Crippen LogP contribution in [0, 0.1) is 6.92 Å². The third-order valence-electron chi connectivity index (χ3n) is 2.78. The molecule has 0 aliphatic rings. The monoisotopic (exact) mass is 271 g/mol. The third-order valence-corrected chi connectivity index (χ3v) is 3.64. The molecule has 5 heteroatoms. The van der Waals surface area contributed by atoms with Gasteiger partial charge >= 0.3 is 0 Å². The number of anilines is 1. The molecule has 0 unspecified atom stereocenters. The SMILES string of the molecule is Cc1cscc1-c1noc(CNc2ccccc2)n1. The van der Waals surface area contributed by atoms with E-state index in [4.69, 9.17) is 4.52 Å². The van der Waals surface area contributed by atoms with E-state index in [-0.39, 0.29) is 0 Å². The zero-order valence-electron chi connectivity index (χ0n) is 10.5. The molecule has 0 radical (unpaired) electrons. The molecule has 19 heavy (non-hydrogen) atoms. The number of benzene rings is 1. The summed E-state index contributed by atoms with van der Waals surface area (Å²) in [5.74, 6) is 1.24. The summed E-state index contributed by atoms with van der Waals surface area (Å²) in [5.41, 5.74) is 3.25. The normalized spacial score (nSPS) is 10.6. The maximum atomic E-state index is 5.25. The highest BCUT2D eigenvalue weighted by molar-refractivity contribution is 7.08. The van der Waals surface area contributed by atoms with E-state index in [1.54, 1.807) is 11.3 Å². The highest BCUT2D eigenvalue weighted by Gasteiger charge is 2.11. The first-order valence-electron chi connectivity index (χ1n) is 5.97. The molecule has 2 aromatic heterocycles. The molecular weight excluding hydrogens is 258 g/mol. The van der Waals surface area contributed by atoms with Gasteiger partial charge in [0, 0.05) is 16.6 Å². The van der Waals surface area contributed by atoms with Crippen molar-refractivity contribution in [1.29, 1.82) is 0 Å². The van der Waals surface area contributed by atoms with Crippen LogP contribution in [0.3, 0.4) is 0 Å². The molecule has 4 nitrogen and oxygen atoms in total. The molecule has 0 fully saturated rings. The largest absolute Gasteiger partial charge is 0.376 e. The second-order valence-corrected chi connectivity index (χ2v) is 4.94. The van der Waals surface area contributed by atoms with Crippen molar-refractivity contribution in [2.75, 3.05) is 5.32 Å². The Morgan fingerprint density at radius 2 is 2.05 bits per heavy atom. The van der Waals surface area contributed by atoms with Gasteiger partial charge in [-0.25, -0.2) is 0 Å². The zero-order chi connectivity index (χ0) is 13.1. The molecule has 0 aliphatic heterocycles. The Balaban J connectivity index is 1.71. The fourth-order valence-corrected chi connectivity index (χ4v) is 2.59. The molecule has 0 bridgehead atoms. The molecule has 1 aromatic carbocycles. The maximum absolute atomic E-state index is 5.25. The Kier molecular flexibility index (Phi) is 3.29. The van der Waals surface area contributed by atoms with Gasteiger partial charge in [-0.1, -0.05) is 23.4 Å². The van der Waals surface area contributed by atoms with Crippen LogP contribution in [-0.2, 0) is 6.54 Å². The first-order chi connectivity index (χ1) is 9.33. The number of para-hydroxylation sites is 1. The van der Waals surface area contributed by atoms with Crippen LogP contribution in [0.4, 0.5) is 5.69 Å². The van der Waals surface area contributed by atoms with E-state index in [0.717, 1.165) is 11.3 Å². The van der Waals surface area contributed by atoms with E-state index in [2.05, 4.69) is 20.8 Å². The Hall–Kier alpha value is -2.14. The Labute approximate surface area is 115 Å². The highest BCUT2D eigenvalue weighted by Crippen LogP contribution is 2.24. The van der Waals surface area contributed by atoms with Crippen molar-refractivity contribution in [2.24, 2.45) is 0 Å². The second-order valence-electron chi connectivity index (χ2n) is 4.20. The van der Waals surface area contributed by atoms with Crippen LogP contribution in [0.15, 0.2) is 45.6 Å². The van der Waals surface area contributed by atoms with E-state index in [0.29, 0.717) is 18.3 Å². The smallest absolute Gasteiger partial charge is 0.246 e. The summed E-state index contributed by atoms with van der Waals surface area (Å²) >= 11 is 1.64. The fourth-order valence-electron chi connectivity index (χ4n) is 1.76. The Morgan fingerprint density at radius 3 is 2.79 bits per heavy atom. The number of aryl methyl sites for hydroxylation is 1. The minimum Gasteiger partial charge on any atom is -0.376 e. The number of rotatable bonds is 4. The van der Waals surface area contributed by atoms with Crippen LogP contribution in [0.25, 0.3) is 11.4 Å². The van der Waals surface area contributed by atoms with Crippen molar-refractivity contribution >= 4 is 17.0 Å². The number of hydrogen-bond donors (Lipinski definition) is 1. The summed E-state index contributed by atoms with van der Waals surface area (Å²) in [7, 11) is 0. The molecule has 0 amide bonds. The summed E-state index contributed by atoms with van der Waals surface area (Å²) < 4.78 is 5.25. The van der Waals surface area contributed by atoms with Crippen LogP contribution < -0.4 is 5.32 Å². The molecule has 0 saturated heterocycles. The second kappa shape index (κ2) is 5.24. The molecule has 0 spiro atoms. The molecule has 0 atom stereocenters. The lowest BCUT2D eigenvalue weighted by Crippen LogP contribution is -1.99. The summed E-state index contributed by atoms with van der Waals surface area (Å²) in [5, 5.41) is 11.4. The first kappa shape index (κ1) is 11.9. The lowest BCUT2D eigenvalue weighted by atomic mass is 10.2. The Bertz CT molecular complexity index is 660. The van der Waals surface area contributed by atoms with Gasteiger partial charge < -0.3 is 9.84 Å². The third kappa shape index (κ3) is 2.66. The van der Waals surface area contributed by atoms with Crippen molar-refractivity contribution in [3.63, 3.8) is 0 Å². The van der Waals surface area contributed by atoms with E-state index < -0.39 is 0 Å². The summed E-state index contributed by atoms with van der Waals surface area (Å²) in [6.07, 6.45) is 0. The average molecular weight is 271 g/mol. The minimum absolute atomic E-state index is 0.528. The van der Waals surface area contributed by atoms with E-state index in [1.807, 2.05) is 42.6 Å². The number of aromatic nitrogens is 2. The minimum atomic E-state index is 0.528. The van der Waals surface area contributed by atoms with Gasteiger partial charge in [0.2, 0.25) is 11.7 Å². The van der Waals surface area contributed by atoms with Crippen molar-refractivity contribution in [3.05, 3.63) is 52.5 Å². The highest BCUT2D eigenvalue weighted by atomic mass is 32.1. The topological polar surface area (TPSA) is 51.0 Å². The van der Waals surface area contributed by atoms with E-state index in [1.165, 1.54) is 5.56 Å². The van der Waals surface area contributed by atoms with Gasteiger partial charge in [-0.2, -0.15) is 16.3 Å². The van der Waals surface area contributed by atoms with Gasteiger partial charge in [0.1, 0.15) is 0 Å². The van der Waals surface area contributed by atoms with Crippen LogP contribution in [0.2, 0.25) is 0 Å². The fraction of sp³-hybridized carbons (Fsp3) is 0.143. The molecule has 96 valence electrons. The first-order valence-corrected chi connectivity index (χ1v) is 6.92. The predicted molar refractivity (Wildman–Crippen MR) is 76.1 cm³/mol. The van der Waals surface area contributed by atoms with Gasteiger partial charge in [-0.15, -0.1) is 0 Å². The Morgan fingerprint density at radius 1 is 1.21 bits per heavy atom. The number of thiophene rings is 1. The number of nitrogens with zero attached hydrogens (tertiary/aromatic N) is 2. The molecule has 0 aliphatic carbocycles. The maximum Gasteiger partial charge on any atom is 0.246 e. The lowest BCUT2D eigenvalue weighted by molar-refractivity contribution is 0.384. The molecule has 1 N–H and O–H groups in total. The van der Waals surface area contributed by atoms with Crippen molar-refractivity contribution < 1.29 is 4.52 Å². The molecule has 2 heterocycles. The van der Waals surface area contributed by atoms with Gasteiger partial charge in [0.15, 0.2) is 0 Å². The summed E-state index contributed by atoms with van der Waals surface area (Å²) in [6, 6.07) is 9.95. The van der Waals surface area contributed by atoms with Gasteiger partial charge in [0.05, 0.1) is 6.54 Å². The van der Waals surface area contributed by atoms with E-state index in [9.17, 15) is 0 Å². The van der Waals surface area contributed by atoms with Gasteiger partial charge in [-0.05, 0) is 30.0 Å². The standard InChI is InChI=1S/C14H13N3OS/c1-10-8-19-9-12(10)14-16-13(18-17-14)7-15-11-5-3-2-4-6-11/h2-6,8-9,15H,7H2,1H3. The van der Waals surface area contributed by atoms with Crippen molar-refractivity contribution in [3.8, 4) is 11.4 Å². The average Bonchev–Trinajstić information content (AvgIpc) is 3.06. The molecule has 3 aromatic rings. The van der Waals surface area contributed by atoms with Crippen molar-refractivity contribution in [2.45, 2.75) is 13.5 Å². The summed E-state index contributed by atoms with van der Waals surface area (Å²) in [6.45, 7) is 2.57. The van der Waals surface area contributed by atoms with Crippen LogP contribution in [-0.4, -0.2) is 10.1 Å². The van der Waals surface area contributed by atoms with Gasteiger partial charge in [0.25, 0.3) is 0 Å². The molecular formula is C14H13N3OS. The summed E-state index contributed by atoms with van der Waals surface area (Å²) in [4.78, 5) is 4.40. The number of nitrogens with one attached hydrogen (secondary N) is 1. The van der Waals surface area contributed by atoms with Crippen LogP contribution in [0.1, 0.15) is 11.5 Å².